The minimum atomic E-state index is -1.57. The maximum atomic E-state index is 12.8. The summed E-state index contributed by atoms with van der Waals surface area (Å²) in [7, 11) is 0. The molecule has 4 fully saturated rings. The van der Waals surface area contributed by atoms with Crippen molar-refractivity contribution < 1.29 is 24.9 Å². The highest BCUT2D eigenvalue weighted by Crippen LogP contribution is 2.80. The van der Waals surface area contributed by atoms with Gasteiger partial charge in [-0.25, -0.2) is 4.72 Å². The minimum Gasteiger partial charge on any atom is -0.481 e. The summed E-state index contributed by atoms with van der Waals surface area (Å²) in [4.78, 5) is 25.3. The Morgan fingerprint density at radius 1 is 0.970 bits per heavy atom. The lowest BCUT2D eigenvalue weighted by Crippen LogP contribution is -2.68. The Hall–Kier alpha value is -1.05. The topological polar surface area (TPSA) is 107 Å². The maximum absolute atomic E-state index is 12.8. The Morgan fingerprint density at radius 3 is 2.12 bits per heavy atom. The molecular weight excluding hydrogens is 438 g/mol. The van der Waals surface area contributed by atoms with Crippen LogP contribution in [-0.4, -0.2) is 38.9 Å². The third-order valence-corrected chi connectivity index (χ3v) is 11.9. The van der Waals surface area contributed by atoms with Crippen LogP contribution in [0.25, 0.3) is 0 Å². The van der Waals surface area contributed by atoms with Crippen LogP contribution in [0.15, 0.2) is 12.2 Å². The van der Waals surface area contributed by atoms with Gasteiger partial charge in [-0.3, -0.25) is 9.59 Å². The molecule has 4 saturated carbocycles. The fourth-order valence-electron chi connectivity index (χ4n) is 9.48. The van der Waals surface area contributed by atoms with Crippen LogP contribution in [0.5, 0.6) is 0 Å². The van der Waals surface area contributed by atoms with Crippen LogP contribution < -0.4 is 4.72 Å². The Labute approximate surface area is 203 Å². The molecule has 4 aliphatic rings. The predicted octanol–water partition coefficient (Wildman–Crippen LogP) is 4.83. The smallest absolute Gasteiger partial charge is 0.325 e. The van der Waals surface area contributed by atoms with E-state index in [1.807, 2.05) is 0 Å². The SMILES string of the molecule is C=C(C1(C)C(C(=O)O)CCCC1(NS)C(=O)O)C12CCC(C3CCCCC3)(CC1O)C2(C)C. The van der Waals surface area contributed by atoms with Crippen LogP contribution in [0, 0.1) is 33.5 Å². The number of nitrogens with one attached hydrogen (secondary N) is 1. The van der Waals surface area contributed by atoms with Crippen LogP contribution in [0.4, 0.5) is 0 Å². The minimum absolute atomic E-state index is 0.0280. The summed E-state index contributed by atoms with van der Waals surface area (Å²) in [5.41, 5.74) is -3.36. The van der Waals surface area contributed by atoms with E-state index in [1.54, 1.807) is 6.92 Å². The number of aliphatic hydroxyl groups excluding tert-OH is 1. The fraction of sp³-hybridized carbons (Fsp3) is 0.846. The van der Waals surface area contributed by atoms with Crippen molar-refractivity contribution in [1.82, 2.24) is 4.72 Å². The first kappa shape index (κ1) is 25.1. The lowest BCUT2D eigenvalue weighted by Gasteiger charge is -2.58. The van der Waals surface area contributed by atoms with E-state index in [0.29, 0.717) is 30.8 Å². The van der Waals surface area contributed by atoms with Crippen molar-refractivity contribution in [2.75, 3.05) is 0 Å². The molecule has 4 aliphatic carbocycles. The summed E-state index contributed by atoms with van der Waals surface area (Å²) in [6, 6.07) is 0. The van der Waals surface area contributed by atoms with E-state index in [0.717, 1.165) is 12.8 Å². The summed E-state index contributed by atoms with van der Waals surface area (Å²) in [6.45, 7) is 10.7. The van der Waals surface area contributed by atoms with E-state index in [1.165, 1.54) is 32.1 Å². The van der Waals surface area contributed by atoms with Crippen molar-refractivity contribution in [3.8, 4) is 0 Å². The van der Waals surface area contributed by atoms with Crippen molar-refractivity contribution in [3.63, 3.8) is 0 Å². The molecule has 0 spiro atoms. The number of hydrogen-bond acceptors (Lipinski definition) is 5. The summed E-state index contributed by atoms with van der Waals surface area (Å²) in [6.07, 6.45) is 8.90. The van der Waals surface area contributed by atoms with Gasteiger partial charge < -0.3 is 15.3 Å². The maximum Gasteiger partial charge on any atom is 0.325 e. The van der Waals surface area contributed by atoms with Crippen LogP contribution in [-0.2, 0) is 9.59 Å². The van der Waals surface area contributed by atoms with Gasteiger partial charge in [-0.05, 0) is 61.7 Å². The van der Waals surface area contributed by atoms with Gasteiger partial charge in [0.2, 0.25) is 0 Å². The van der Waals surface area contributed by atoms with E-state index in [4.69, 9.17) is 0 Å². The Kier molecular flexibility index (Phi) is 6.07. The number of aliphatic carboxylic acids is 2. The molecule has 0 radical (unpaired) electrons. The van der Waals surface area contributed by atoms with Crippen molar-refractivity contribution in [2.24, 2.45) is 33.5 Å². The first-order chi connectivity index (χ1) is 15.4. The number of rotatable bonds is 6. The van der Waals surface area contributed by atoms with Crippen molar-refractivity contribution in [1.29, 1.82) is 0 Å². The van der Waals surface area contributed by atoms with E-state index in [2.05, 4.69) is 38.0 Å². The van der Waals surface area contributed by atoms with Crippen LogP contribution in [0.1, 0.15) is 91.4 Å². The van der Waals surface area contributed by atoms with Crippen molar-refractivity contribution >= 4 is 24.8 Å². The zero-order chi connectivity index (χ0) is 24.4. The molecule has 0 saturated heterocycles. The first-order valence-electron chi connectivity index (χ1n) is 12.6. The standard InChI is InChI=1S/C26H41NO5S/c1-16(23(4)18(20(29)30)11-8-12-26(23,27-33)21(31)32)25-14-13-24(15-19(25)28,22(25,2)3)17-9-6-5-7-10-17/h17-19,27-28,33H,1,5-15H2,2-4H3,(H,29,30)(H,31,32). The summed E-state index contributed by atoms with van der Waals surface area (Å²) >= 11 is 4.25. The van der Waals surface area contributed by atoms with Gasteiger partial charge in [-0.1, -0.05) is 71.4 Å². The number of fused-ring (bicyclic) bond motifs is 2. The highest BCUT2D eigenvalue weighted by molar-refractivity contribution is 7.78. The quantitative estimate of drug-likeness (QED) is 0.276. The van der Waals surface area contributed by atoms with Crippen LogP contribution >= 0.6 is 12.8 Å². The molecule has 0 aromatic rings. The van der Waals surface area contributed by atoms with Crippen LogP contribution in [0.3, 0.4) is 0 Å². The summed E-state index contributed by atoms with van der Waals surface area (Å²) in [5, 5.41) is 32.4. The third-order valence-electron chi connectivity index (χ3n) is 11.5. The van der Waals surface area contributed by atoms with Gasteiger partial charge in [0.25, 0.3) is 0 Å². The lowest BCUT2D eigenvalue weighted by molar-refractivity contribution is -0.163. The first-order valence-corrected chi connectivity index (χ1v) is 13.1. The van der Waals surface area contributed by atoms with Gasteiger partial charge in [0.05, 0.1) is 12.0 Å². The molecule has 0 amide bonds. The lowest BCUT2D eigenvalue weighted by atomic mass is 9.46. The molecular formula is C26H41NO5S. The molecule has 6 atom stereocenters. The number of hydrogen-bond donors (Lipinski definition) is 5. The van der Waals surface area contributed by atoms with E-state index >= 15 is 0 Å². The van der Waals surface area contributed by atoms with E-state index < -0.39 is 40.3 Å². The van der Waals surface area contributed by atoms with Gasteiger partial charge in [0.15, 0.2) is 0 Å². The second-order valence-corrected chi connectivity index (χ2v) is 12.3. The molecule has 186 valence electrons. The molecule has 7 heteroatoms. The van der Waals surface area contributed by atoms with Gasteiger partial charge in [-0.15, -0.1) is 0 Å². The Morgan fingerprint density at radius 2 is 1.61 bits per heavy atom. The molecule has 0 aromatic carbocycles. The van der Waals surface area contributed by atoms with Crippen LogP contribution in [0.2, 0.25) is 0 Å². The number of thiol groups is 1. The zero-order valence-electron chi connectivity index (χ0n) is 20.3. The monoisotopic (exact) mass is 479 g/mol. The Balaban J connectivity index is 1.87. The van der Waals surface area contributed by atoms with E-state index in [-0.39, 0.29) is 17.3 Å². The highest BCUT2D eigenvalue weighted by Gasteiger charge is 2.77. The second kappa shape index (κ2) is 7.99. The molecule has 4 rings (SSSR count). The van der Waals surface area contributed by atoms with Gasteiger partial charge in [0.1, 0.15) is 5.54 Å². The molecule has 0 aromatic heterocycles. The average molecular weight is 480 g/mol. The van der Waals surface area contributed by atoms with Gasteiger partial charge >= 0.3 is 11.9 Å². The molecule has 0 aliphatic heterocycles. The number of aliphatic hydroxyl groups is 1. The van der Waals surface area contributed by atoms with Gasteiger partial charge in [-0.2, -0.15) is 0 Å². The largest absolute Gasteiger partial charge is 0.481 e. The summed E-state index contributed by atoms with van der Waals surface area (Å²) < 4.78 is 2.76. The zero-order valence-corrected chi connectivity index (χ0v) is 21.2. The average Bonchev–Trinajstić information content (AvgIpc) is 3.11. The second-order valence-electron chi connectivity index (χ2n) is 12.1. The van der Waals surface area contributed by atoms with Gasteiger partial charge in [0, 0.05) is 10.8 Å². The number of carboxylic acid groups (broad SMARTS) is 2. The number of carbonyl (C=O) groups is 2. The predicted molar refractivity (Wildman–Crippen MR) is 130 cm³/mol. The molecule has 0 heterocycles. The fourth-order valence-corrected chi connectivity index (χ4v) is 9.92. The van der Waals surface area contributed by atoms with Crippen molar-refractivity contribution in [2.45, 2.75) is 103 Å². The van der Waals surface area contributed by atoms with Crippen molar-refractivity contribution in [3.05, 3.63) is 12.2 Å². The summed E-state index contributed by atoms with van der Waals surface area (Å²) in [5.74, 6) is -2.50. The molecule has 2 bridgehead atoms. The van der Waals surface area contributed by atoms with E-state index in [9.17, 15) is 24.9 Å². The molecule has 4 N–H and O–H groups in total. The normalized spacial score (nSPS) is 45.1. The molecule has 6 nitrogen and oxygen atoms in total. The molecule has 6 unspecified atom stereocenters. The highest BCUT2D eigenvalue weighted by atomic mass is 32.1. The third kappa shape index (κ3) is 2.82. The number of carboxylic acids is 2. The molecule has 33 heavy (non-hydrogen) atoms. The Bertz CT molecular complexity index is 854.